The summed E-state index contributed by atoms with van der Waals surface area (Å²) in [5.41, 5.74) is 6.33. The molecule has 1 fully saturated rings. The standard InChI is InChI=1S/C8H12N4OS/c9-7-5-10-6-11-8(7)12-1-3-14(13)4-2-12/h5-6H,1-4,9H2. The van der Waals surface area contributed by atoms with E-state index in [0.29, 0.717) is 17.2 Å². The van der Waals surface area contributed by atoms with E-state index in [-0.39, 0.29) is 0 Å². The topological polar surface area (TPSA) is 72.1 Å². The molecule has 0 saturated carbocycles. The number of rotatable bonds is 1. The summed E-state index contributed by atoms with van der Waals surface area (Å²) in [5, 5.41) is 0. The van der Waals surface area contributed by atoms with Crippen LogP contribution >= 0.6 is 0 Å². The summed E-state index contributed by atoms with van der Waals surface area (Å²) < 4.78 is 11.1. The Morgan fingerprint density at radius 3 is 2.79 bits per heavy atom. The van der Waals surface area contributed by atoms with Crippen molar-refractivity contribution in [1.29, 1.82) is 0 Å². The van der Waals surface area contributed by atoms with Crippen molar-refractivity contribution >= 4 is 22.3 Å². The average molecular weight is 212 g/mol. The van der Waals surface area contributed by atoms with Gasteiger partial charge in [-0.3, -0.25) is 4.21 Å². The predicted octanol–water partition coefficient (Wildman–Crippen LogP) is -0.373. The molecule has 0 bridgehead atoms. The highest BCUT2D eigenvalue weighted by Crippen LogP contribution is 2.19. The van der Waals surface area contributed by atoms with E-state index in [1.165, 1.54) is 6.33 Å². The molecule has 0 aliphatic carbocycles. The van der Waals surface area contributed by atoms with Gasteiger partial charge in [0, 0.05) is 35.4 Å². The molecule has 0 atom stereocenters. The fraction of sp³-hybridized carbons (Fsp3) is 0.500. The zero-order chi connectivity index (χ0) is 9.97. The summed E-state index contributed by atoms with van der Waals surface area (Å²) >= 11 is 0. The maximum absolute atomic E-state index is 11.1. The second-order valence-electron chi connectivity index (χ2n) is 3.14. The molecule has 2 rings (SSSR count). The molecule has 0 aromatic carbocycles. The van der Waals surface area contributed by atoms with Crippen LogP contribution in [0.25, 0.3) is 0 Å². The van der Waals surface area contributed by atoms with Crippen molar-refractivity contribution in [3.05, 3.63) is 12.5 Å². The minimum absolute atomic E-state index is 0.584. The third-order valence-corrected chi connectivity index (χ3v) is 3.47. The van der Waals surface area contributed by atoms with Gasteiger partial charge in [0.05, 0.1) is 11.9 Å². The number of nitrogen functional groups attached to an aromatic ring is 1. The predicted molar refractivity (Wildman–Crippen MR) is 56.5 cm³/mol. The van der Waals surface area contributed by atoms with Crippen molar-refractivity contribution in [1.82, 2.24) is 9.97 Å². The van der Waals surface area contributed by atoms with E-state index in [9.17, 15) is 4.21 Å². The summed E-state index contributed by atoms with van der Waals surface area (Å²) in [5.74, 6) is 2.16. The normalized spacial score (nSPS) is 18.4. The number of nitrogens with zero attached hydrogens (tertiary/aromatic N) is 3. The molecule has 2 N–H and O–H groups in total. The molecule has 1 aromatic rings. The lowest BCUT2D eigenvalue weighted by atomic mass is 10.4. The minimum Gasteiger partial charge on any atom is -0.394 e. The van der Waals surface area contributed by atoms with Gasteiger partial charge in [0.1, 0.15) is 6.33 Å². The SMILES string of the molecule is Nc1cncnc1N1CCS(=O)CC1. The molecule has 0 amide bonds. The molecular formula is C8H12N4OS. The van der Waals surface area contributed by atoms with E-state index in [1.807, 2.05) is 0 Å². The third-order valence-electron chi connectivity index (χ3n) is 2.20. The van der Waals surface area contributed by atoms with Crippen LogP contribution in [0.4, 0.5) is 11.5 Å². The molecule has 1 saturated heterocycles. The largest absolute Gasteiger partial charge is 0.394 e. The summed E-state index contributed by atoms with van der Waals surface area (Å²) in [7, 11) is -0.667. The molecule has 1 aliphatic rings. The molecule has 6 heteroatoms. The van der Waals surface area contributed by atoms with Crippen molar-refractivity contribution in [2.75, 3.05) is 35.2 Å². The number of hydrogen-bond acceptors (Lipinski definition) is 5. The van der Waals surface area contributed by atoms with Gasteiger partial charge in [-0.05, 0) is 0 Å². The molecule has 0 unspecified atom stereocenters. The second kappa shape index (κ2) is 3.91. The molecule has 2 heterocycles. The second-order valence-corrected chi connectivity index (χ2v) is 4.83. The smallest absolute Gasteiger partial charge is 0.155 e. The van der Waals surface area contributed by atoms with E-state index >= 15 is 0 Å². The van der Waals surface area contributed by atoms with E-state index in [2.05, 4.69) is 14.9 Å². The molecule has 5 nitrogen and oxygen atoms in total. The highest BCUT2D eigenvalue weighted by atomic mass is 32.2. The van der Waals surface area contributed by atoms with Crippen LogP contribution in [-0.4, -0.2) is 38.8 Å². The quantitative estimate of drug-likeness (QED) is 0.687. The van der Waals surface area contributed by atoms with Gasteiger partial charge < -0.3 is 10.6 Å². The Morgan fingerprint density at radius 2 is 2.14 bits per heavy atom. The van der Waals surface area contributed by atoms with Crippen LogP contribution in [0.1, 0.15) is 0 Å². The van der Waals surface area contributed by atoms with E-state index in [4.69, 9.17) is 5.73 Å². The van der Waals surface area contributed by atoms with Gasteiger partial charge in [0.15, 0.2) is 5.82 Å². The van der Waals surface area contributed by atoms with Gasteiger partial charge in [0.25, 0.3) is 0 Å². The fourth-order valence-electron chi connectivity index (χ4n) is 1.45. The van der Waals surface area contributed by atoms with Crippen molar-refractivity contribution < 1.29 is 4.21 Å². The maximum atomic E-state index is 11.1. The number of anilines is 2. The molecule has 1 aromatic heterocycles. The first kappa shape index (κ1) is 9.39. The monoisotopic (exact) mass is 212 g/mol. The van der Waals surface area contributed by atoms with Crippen molar-refractivity contribution in [2.24, 2.45) is 0 Å². The van der Waals surface area contributed by atoms with Crippen LogP contribution in [0.15, 0.2) is 12.5 Å². The first-order valence-corrected chi connectivity index (χ1v) is 5.91. The van der Waals surface area contributed by atoms with Crippen LogP contribution in [0, 0.1) is 0 Å². The summed E-state index contributed by atoms with van der Waals surface area (Å²) in [6, 6.07) is 0. The van der Waals surface area contributed by atoms with Gasteiger partial charge in [-0.2, -0.15) is 0 Å². The van der Waals surface area contributed by atoms with Crippen LogP contribution < -0.4 is 10.6 Å². The van der Waals surface area contributed by atoms with Crippen LogP contribution in [0.5, 0.6) is 0 Å². The van der Waals surface area contributed by atoms with Crippen LogP contribution in [-0.2, 0) is 10.8 Å². The van der Waals surface area contributed by atoms with Crippen LogP contribution in [0.2, 0.25) is 0 Å². The molecule has 14 heavy (non-hydrogen) atoms. The Labute approximate surface area is 84.8 Å². The molecule has 76 valence electrons. The summed E-state index contributed by atoms with van der Waals surface area (Å²) in [4.78, 5) is 10.0. The maximum Gasteiger partial charge on any atom is 0.155 e. The zero-order valence-corrected chi connectivity index (χ0v) is 8.54. The molecular weight excluding hydrogens is 200 g/mol. The third kappa shape index (κ3) is 1.84. The van der Waals surface area contributed by atoms with Crippen LogP contribution in [0.3, 0.4) is 0 Å². The van der Waals surface area contributed by atoms with Crippen molar-refractivity contribution in [3.63, 3.8) is 0 Å². The lowest BCUT2D eigenvalue weighted by Crippen LogP contribution is -2.38. The Kier molecular flexibility index (Phi) is 2.62. The Bertz CT molecular complexity index is 347. The summed E-state index contributed by atoms with van der Waals surface area (Å²) in [6.45, 7) is 1.52. The van der Waals surface area contributed by atoms with Gasteiger partial charge >= 0.3 is 0 Å². The minimum atomic E-state index is -0.667. The number of aromatic nitrogens is 2. The Morgan fingerprint density at radius 1 is 1.43 bits per heavy atom. The fourth-order valence-corrected chi connectivity index (χ4v) is 2.50. The summed E-state index contributed by atoms with van der Waals surface area (Å²) in [6.07, 6.45) is 3.07. The lowest BCUT2D eigenvalue weighted by Gasteiger charge is -2.27. The van der Waals surface area contributed by atoms with E-state index in [1.54, 1.807) is 6.20 Å². The highest BCUT2D eigenvalue weighted by molar-refractivity contribution is 7.85. The van der Waals surface area contributed by atoms with E-state index in [0.717, 1.165) is 18.9 Å². The average Bonchev–Trinajstić information content (AvgIpc) is 2.20. The lowest BCUT2D eigenvalue weighted by molar-refractivity contribution is 0.672. The number of nitrogens with two attached hydrogens (primary N) is 1. The molecule has 1 aliphatic heterocycles. The van der Waals surface area contributed by atoms with Crippen molar-refractivity contribution in [3.8, 4) is 0 Å². The van der Waals surface area contributed by atoms with Gasteiger partial charge in [0.2, 0.25) is 0 Å². The molecule has 0 radical (unpaired) electrons. The Balaban J connectivity index is 2.16. The highest BCUT2D eigenvalue weighted by Gasteiger charge is 2.17. The van der Waals surface area contributed by atoms with Gasteiger partial charge in [-0.1, -0.05) is 0 Å². The van der Waals surface area contributed by atoms with Crippen molar-refractivity contribution in [2.45, 2.75) is 0 Å². The van der Waals surface area contributed by atoms with E-state index < -0.39 is 10.8 Å². The number of hydrogen-bond donors (Lipinski definition) is 1. The Hall–Kier alpha value is -1.17. The van der Waals surface area contributed by atoms with Gasteiger partial charge in [-0.25, -0.2) is 9.97 Å². The van der Waals surface area contributed by atoms with Gasteiger partial charge in [-0.15, -0.1) is 0 Å². The zero-order valence-electron chi connectivity index (χ0n) is 7.72. The first-order chi connectivity index (χ1) is 6.77. The molecule has 0 spiro atoms. The first-order valence-electron chi connectivity index (χ1n) is 4.43.